The third-order valence-electron chi connectivity index (χ3n) is 6.37. The van der Waals surface area contributed by atoms with Crippen LogP contribution in [0.2, 0.25) is 0 Å². The van der Waals surface area contributed by atoms with Crippen molar-refractivity contribution in [1.29, 1.82) is 0 Å². The average molecular weight is 449 g/mol. The van der Waals surface area contributed by atoms with Crippen LogP contribution in [0, 0.1) is 5.92 Å². The van der Waals surface area contributed by atoms with Crippen LogP contribution >= 0.6 is 11.5 Å². The zero-order valence-electron chi connectivity index (χ0n) is 18.3. The molecule has 6 nitrogen and oxygen atoms in total. The predicted molar refractivity (Wildman–Crippen MR) is 126 cm³/mol. The topological polar surface area (TPSA) is 58.6 Å². The van der Waals surface area contributed by atoms with Crippen molar-refractivity contribution in [3.63, 3.8) is 0 Å². The molecule has 1 saturated heterocycles. The fraction of sp³-hybridized carbons (Fsp3) is 0.400. The van der Waals surface area contributed by atoms with Gasteiger partial charge in [-0.2, -0.15) is 4.37 Å². The van der Waals surface area contributed by atoms with Gasteiger partial charge in [-0.3, -0.25) is 4.79 Å². The molecule has 5 rings (SSSR count). The molecule has 2 aliphatic rings. The Morgan fingerprint density at radius 2 is 1.97 bits per heavy atom. The maximum Gasteiger partial charge on any atom is 0.226 e. The molecule has 1 aliphatic carbocycles. The van der Waals surface area contributed by atoms with E-state index in [1.165, 1.54) is 17.1 Å². The molecule has 2 unspecified atom stereocenters. The van der Waals surface area contributed by atoms with Gasteiger partial charge in [0, 0.05) is 50.1 Å². The van der Waals surface area contributed by atoms with Crippen molar-refractivity contribution < 1.29 is 9.53 Å². The van der Waals surface area contributed by atoms with Crippen molar-refractivity contribution in [1.82, 2.24) is 14.3 Å². The van der Waals surface area contributed by atoms with Crippen LogP contribution in [0.3, 0.4) is 0 Å². The third kappa shape index (κ3) is 4.63. The van der Waals surface area contributed by atoms with E-state index in [0.717, 1.165) is 61.3 Å². The molecule has 0 spiro atoms. The van der Waals surface area contributed by atoms with Crippen molar-refractivity contribution >= 4 is 22.6 Å². The molecule has 1 saturated carbocycles. The highest BCUT2D eigenvalue weighted by molar-refractivity contribution is 7.09. The van der Waals surface area contributed by atoms with E-state index in [0.29, 0.717) is 18.2 Å². The minimum Gasteiger partial charge on any atom is -0.497 e. The standard InChI is InChI=1S/C25H28N4O2S/c1-31-20-10-5-7-18(15-20)16-23-26-25(32-27-23)29-12-6-11-28(13-14-29)24(30)22-17-21(22)19-8-3-2-4-9-19/h2-5,7-10,15,21-22H,6,11-14,16-17H2,1H3. The molecule has 1 aromatic heterocycles. The summed E-state index contributed by atoms with van der Waals surface area (Å²) in [7, 11) is 1.68. The van der Waals surface area contributed by atoms with Crippen molar-refractivity contribution in [3.8, 4) is 5.75 Å². The summed E-state index contributed by atoms with van der Waals surface area (Å²) >= 11 is 1.45. The van der Waals surface area contributed by atoms with Gasteiger partial charge in [-0.25, -0.2) is 4.98 Å². The summed E-state index contributed by atoms with van der Waals surface area (Å²) in [4.78, 5) is 22.2. The van der Waals surface area contributed by atoms with E-state index in [9.17, 15) is 4.79 Å². The van der Waals surface area contributed by atoms with E-state index >= 15 is 0 Å². The van der Waals surface area contributed by atoms with Crippen LogP contribution in [-0.2, 0) is 11.2 Å². The summed E-state index contributed by atoms with van der Waals surface area (Å²) in [5.41, 5.74) is 2.43. The van der Waals surface area contributed by atoms with Crippen molar-refractivity contribution in [2.24, 2.45) is 5.92 Å². The van der Waals surface area contributed by atoms with Gasteiger partial charge in [-0.05, 0) is 42.0 Å². The predicted octanol–water partition coefficient (Wildman–Crippen LogP) is 3.98. The van der Waals surface area contributed by atoms with Gasteiger partial charge in [0.25, 0.3) is 0 Å². The molecule has 0 bridgehead atoms. The highest BCUT2D eigenvalue weighted by atomic mass is 32.1. The summed E-state index contributed by atoms with van der Waals surface area (Å²) in [6.07, 6.45) is 2.63. The van der Waals surface area contributed by atoms with E-state index in [1.54, 1.807) is 7.11 Å². The van der Waals surface area contributed by atoms with E-state index in [1.807, 2.05) is 24.3 Å². The first kappa shape index (κ1) is 20.9. The zero-order chi connectivity index (χ0) is 21.9. The van der Waals surface area contributed by atoms with Crippen molar-refractivity contribution in [3.05, 3.63) is 71.5 Å². The minimum atomic E-state index is 0.153. The molecule has 1 amide bonds. The molecule has 2 fully saturated rings. The lowest BCUT2D eigenvalue weighted by atomic mass is 10.1. The van der Waals surface area contributed by atoms with E-state index < -0.39 is 0 Å². The third-order valence-corrected chi connectivity index (χ3v) is 7.18. The Morgan fingerprint density at radius 1 is 1.09 bits per heavy atom. The number of carbonyl (C=O) groups excluding carboxylic acids is 1. The van der Waals surface area contributed by atoms with Gasteiger partial charge in [0.1, 0.15) is 11.6 Å². The molecule has 2 aromatic carbocycles. The first-order chi connectivity index (χ1) is 15.7. The smallest absolute Gasteiger partial charge is 0.226 e. The Labute approximate surface area is 193 Å². The number of nitrogens with zero attached hydrogens (tertiary/aromatic N) is 4. The number of amides is 1. The molecule has 1 aliphatic heterocycles. The van der Waals surface area contributed by atoms with Gasteiger partial charge in [-0.15, -0.1) is 0 Å². The van der Waals surface area contributed by atoms with Crippen molar-refractivity contribution in [2.75, 3.05) is 38.2 Å². The maximum atomic E-state index is 13.1. The number of hydrogen-bond donors (Lipinski definition) is 0. The number of ether oxygens (including phenoxy) is 1. The Morgan fingerprint density at radius 3 is 2.81 bits per heavy atom. The average Bonchev–Trinajstić information content (AvgIpc) is 3.57. The largest absolute Gasteiger partial charge is 0.497 e. The quantitative estimate of drug-likeness (QED) is 0.571. The van der Waals surface area contributed by atoms with Crippen LogP contribution in [0.5, 0.6) is 5.75 Å². The Kier molecular flexibility index (Phi) is 6.08. The van der Waals surface area contributed by atoms with Crippen LogP contribution in [0.4, 0.5) is 5.13 Å². The molecule has 0 N–H and O–H groups in total. The molecular formula is C25H28N4O2S. The lowest BCUT2D eigenvalue weighted by molar-refractivity contribution is -0.132. The monoisotopic (exact) mass is 448 g/mol. The zero-order valence-corrected chi connectivity index (χ0v) is 19.1. The maximum absolute atomic E-state index is 13.1. The molecule has 7 heteroatoms. The normalized spacial score (nSPS) is 20.7. The van der Waals surface area contributed by atoms with Crippen LogP contribution < -0.4 is 9.64 Å². The van der Waals surface area contributed by atoms with Gasteiger partial charge in [0.2, 0.25) is 11.0 Å². The van der Waals surface area contributed by atoms with E-state index in [4.69, 9.17) is 9.72 Å². The Hall–Kier alpha value is -2.93. The second-order valence-electron chi connectivity index (χ2n) is 8.55. The minimum absolute atomic E-state index is 0.153. The Balaban J connectivity index is 1.17. The molecule has 0 radical (unpaired) electrons. The number of aromatic nitrogens is 2. The fourth-order valence-electron chi connectivity index (χ4n) is 4.51. The molecular weight excluding hydrogens is 420 g/mol. The number of carbonyl (C=O) groups is 1. The van der Waals surface area contributed by atoms with Crippen LogP contribution in [0.25, 0.3) is 0 Å². The number of benzene rings is 2. The highest BCUT2D eigenvalue weighted by Gasteiger charge is 2.45. The SMILES string of the molecule is COc1cccc(Cc2nsc(N3CCCN(C(=O)C4CC4c4ccccc4)CC3)n2)c1. The van der Waals surface area contributed by atoms with Gasteiger partial charge < -0.3 is 14.5 Å². The lowest BCUT2D eigenvalue weighted by Crippen LogP contribution is -2.36. The lowest BCUT2D eigenvalue weighted by Gasteiger charge is -2.21. The van der Waals surface area contributed by atoms with E-state index in [-0.39, 0.29) is 5.92 Å². The highest BCUT2D eigenvalue weighted by Crippen LogP contribution is 2.48. The molecule has 166 valence electrons. The Bertz CT molecular complexity index is 1070. The number of anilines is 1. The van der Waals surface area contributed by atoms with Crippen LogP contribution in [0.1, 0.15) is 35.7 Å². The number of rotatable bonds is 6. The fourth-order valence-corrected chi connectivity index (χ4v) is 5.25. The molecule has 32 heavy (non-hydrogen) atoms. The van der Waals surface area contributed by atoms with Gasteiger partial charge in [-0.1, -0.05) is 42.5 Å². The van der Waals surface area contributed by atoms with Crippen LogP contribution in [0.15, 0.2) is 54.6 Å². The summed E-state index contributed by atoms with van der Waals surface area (Å²) in [5.74, 6) is 2.54. The van der Waals surface area contributed by atoms with Gasteiger partial charge in [0.05, 0.1) is 7.11 Å². The van der Waals surface area contributed by atoms with Gasteiger partial charge >= 0.3 is 0 Å². The number of hydrogen-bond acceptors (Lipinski definition) is 6. The molecule has 3 aromatic rings. The molecule has 2 heterocycles. The summed E-state index contributed by atoms with van der Waals surface area (Å²) in [5, 5.41) is 0.950. The second-order valence-corrected chi connectivity index (χ2v) is 9.28. The van der Waals surface area contributed by atoms with Crippen molar-refractivity contribution in [2.45, 2.75) is 25.2 Å². The first-order valence-corrected chi connectivity index (χ1v) is 12.0. The molecule has 2 atom stereocenters. The second kappa shape index (κ2) is 9.28. The summed E-state index contributed by atoms with van der Waals surface area (Å²) in [6, 6.07) is 18.5. The van der Waals surface area contributed by atoms with Crippen LogP contribution in [-0.4, -0.2) is 53.5 Å². The number of methoxy groups -OCH3 is 1. The van der Waals surface area contributed by atoms with Gasteiger partial charge in [0.15, 0.2) is 0 Å². The first-order valence-electron chi connectivity index (χ1n) is 11.3. The summed E-state index contributed by atoms with van der Waals surface area (Å²) < 4.78 is 9.89. The summed E-state index contributed by atoms with van der Waals surface area (Å²) in [6.45, 7) is 3.29. The van der Waals surface area contributed by atoms with E-state index in [2.05, 4.69) is 44.5 Å².